The lowest BCUT2D eigenvalue weighted by Gasteiger charge is -2.61. The van der Waals surface area contributed by atoms with Crippen LogP contribution in [0.25, 0.3) is 0 Å². The number of carbonyl (C=O) groups excluding carboxylic acids is 2. The maximum atomic E-state index is 13.1. The van der Waals surface area contributed by atoms with Gasteiger partial charge in [0.25, 0.3) is 5.91 Å². The first-order chi connectivity index (χ1) is 14.5. The number of hydrogen-bond donors (Lipinski definition) is 0. The Bertz CT molecular complexity index is 844. The molecule has 5 nitrogen and oxygen atoms in total. The zero-order valence-electron chi connectivity index (χ0n) is 17.4. The van der Waals surface area contributed by atoms with Gasteiger partial charge in [-0.2, -0.15) is 0 Å². The number of carbonyl (C=O) groups is 2. The summed E-state index contributed by atoms with van der Waals surface area (Å²) in [6, 6.07) is 6.71. The number of rotatable bonds is 3. The molecule has 0 unspecified atom stereocenters. The van der Waals surface area contributed by atoms with E-state index in [4.69, 9.17) is 11.6 Å². The van der Waals surface area contributed by atoms with Crippen LogP contribution in [0.5, 0.6) is 0 Å². The highest BCUT2D eigenvalue weighted by Crippen LogP contribution is 2.57. The Hall–Kier alpha value is -1.43. The molecule has 6 heteroatoms. The first kappa shape index (κ1) is 19.3. The lowest BCUT2D eigenvalue weighted by molar-refractivity contribution is -0.125. The van der Waals surface area contributed by atoms with Crippen molar-refractivity contribution in [3.63, 3.8) is 0 Å². The molecule has 4 bridgehead atoms. The Morgan fingerprint density at radius 1 is 0.900 bits per heavy atom. The van der Waals surface area contributed by atoms with Gasteiger partial charge >= 0.3 is 0 Å². The van der Waals surface area contributed by atoms with E-state index in [2.05, 4.69) is 9.80 Å². The standard InChI is InChI=1S/C24H30ClN3O2/c25-19-2-1-3-20(11-19)28-22(29)12-21(23(28)30)26-4-6-27(7-5-26)24-13-16-8-17(14-24)10-18(9-16)15-24/h1-3,11,16-18,21H,4-10,12-15H2/t16?,17?,18?,21-,24?/m0/s1. The maximum absolute atomic E-state index is 13.1. The Morgan fingerprint density at radius 3 is 2.13 bits per heavy atom. The van der Waals surface area contributed by atoms with Crippen LogP contribution in [-0.4, -0.2) is 59.4 Å². The highest BCUT2D eigenvalue weighted by molar-refractivity contribution is 6.31. The molecule has 1 aromatic carbocycles. The summed E-state index contributed by atoms with van der Waals surface area (Å²) in [5.74, 6) is 2.65. The molecule has 160 valence electrons. The maximum Gasteiger partial charge on any atom is 0.251 e. The second-order valence-corrected chi connectivity index (χ2v) is 10.9. The third-order valence-corrected chi connectivity index (χ3v) is 8.86. The number of anilines is 1. The molecule has 1 aromatic rings. The molecular weight excluding hydrogens is 398 g/mol. The van der Waals surface area contributed by atoms with Crippen molar-refractivity contribution in [2.24, 2.45) is 17.8 Å². The molecule has 0 aromatic heterocycles. The van der Waals surface area contributed by atoms with Crippen molar-refractivity contribution in [2.45, 2.75) is 56.5 Å². The second-order valence-electron chi connectivity index (χ2n) is 10.4. The molecule has 4 saturated carbocycles. The lowest BCUT2D eigenvalue weighted by atomic mass is 9.52. The fraction of sp³-hybridized carbons (Fsp3) is 0.667. The largest absolute Gasteiger partial charge is 0.295 e. The van der Waals surface area contributed by atoms with Crippen LogP contribution in [0.15, 0.2) is 24.3 Å². The van der Waals surface area contributed by atoms with E-state index in [9.17, 15) is 9.59 Å². The van der Waals surface area contributed by atoms with Gasteiger partial charge < -0.3 is 0 Å². The summed E-state index contributed by atoms with van der Waals surface area (Å²) < 4.78 is 0. The van der Waals surface area contributed by atoms with Gasteiger partial charge in [-0.1, -0.05) is 17.7 Å². The molecule has 2 amide bonds. The normalized spacial score (nSPS) is 39.3. The summed E-state index contributed by atoms with van der Waals surface area (Å²) in [6.45, 7) is 3.83. The molecule has 7 rings (SSSR count). The molecule has 1 atom stereocenters. The van der Waals surface area contributed by atoms with Crippen LogP contribution in [0, 0.1) is 17.8 Å². The van der Waals surface area contributed by atoms with Gasteiger partial charge in [0.05, 0.1) is 18.2 Å². The summed E-state index contributed by atoms with van der Waals surface area (Å²) in [6.07, 6.45) is 8.86. The van der Waals surface area contributed by atoms with Crippen molar-refractivity contribution < 1.29 is 9.59 Å². The quantitative estimate of drug-likeness (QED) is 0.692. The van der Waals surface area contributed by atoms with Gasteiger partial charge in [-0.3, -0.25) is 19.4 Å². The molecule has 2 saturated heterocycles. The van der Waals surface area contributed by atoms with Crippen molar-refractivity contribution in [3.05, 3.63) is 29.3 Å². The third-order valence-electron chi connectivity index (χ3n) is 8.62. The van der Waals surface area contributed by atoms with Gasteiger partial charge in [-0.25, -0.2) is 4.90 Å². The highest BCUT2D eigenvalue weighted by Gasteiger charge is 2.54. The molecule has 30 heavy (non-hydrogen) atoms. The Balaban J connectivity index is 1.14. The van der Waals surface area contributed by atoms with Crippen LogP contribution in [0.3, 0.4) is 0 Å². The SMILES string of the molecule is O=C1C[C@H](N2CCN(C34CC5CC(CC(C5)C3)C4)CC2)C(=O)N1c1cccc(Cl)c1. The van der Waals surface area contributed by atoms with E-state index in [1.807, 2.05) is 0 Å². The summed E-state index contributed by atoms with van der Waals surface area (Å²) in [4.78, 5) is 32.2. The van der Waals surface area contributed by atoms with E-state index in [1.54, 1.807) is 24.3 Å². The van der Waals surface area contributed by atoms with Crippen molar-refractivity contribution in [2.75, 3.05) is 31.1 Å². The number of halogens is 1. The molecule has 0 radical (unpaired) electrons. The van der Waals surface area contributed by atoms with Crippen molar-refractivity contribution in [3.8, 4) is 0 Å². The van der Waals surface area contributed by atoms with Crippen LogP contribution in [0.4, 0.5) is 5.69 Å². The molecule has 6 aliphatic rings. The van der Waals surface area contributed by atoms with Crippen molar-refractivity contribution in [1.82, 2.24) is 9.80 Å². The van der Waals surface area contributed by atoms with Crippen LogP contribution in [0.2, 0.25) is 5.02 Å². The highest BCUT2D eigenvalue weighted by atomic mass is 35.5. The molecule has 4 aliphatic carbocycles. The molecule has 2 heterocycles. The van der Waals surface area contributed by atoms with Gasteiger partial charge in [0, 0.05) is 36.7 Å². The summed E-state index contributed by atoms with van der Waals surface area (Å²) in [5, 5.41) is 0.542. The first-order valence-electron chi connectivity index (χ1n) is 11.6. The van der Waals surface area contributed by atoms with Crippen LogP contribution < -0.4 is 4.90 Å². The topological polar surface area (TPSA) is 43.9 Å². The van der Waals surface area contributed by atoms with Crippen LogP contribution >= 0.6 is 11.6 Å². The Labute approximate surface area is 183 Å². The number of nitrogens with zero attached hydrogens (tertiary/aromatic N) is 3. The summed E-state index contributed by atoms with van der Waals surface area (Å²) in [5.41, 5.74) is 1.02. The van der Waals surface area contributed by atoms with E-state index in [-0.39, 0.29) is 24.3 Å². The van der Waals surface area contributed by atoms with Crippen molar-refractivity contribution in [1.29, 1.82) is 0 Å². The van der Waals surface area contributed by atoms with E-state index in [0.29, 0.717) is 16.2 Å². The van der Waals surface area contributed by atoms with Gasteiger partial charge in [0.2, 0.25) is 5.91 Å². The first-order valence-corrected chi connectivity index (χ1v) is 12.0. The van der Waals surface area contributed by atoms with E-state index in [0.717, 1.165) is 43.9 Å². The average Bonchev–Trinajstić information content (AvgIpc) is 3.01. The van der Waals surface area contributed by atoms with E-state index in [1.165, 1.54) is 43.4 Å². The van der Waals surface area contributed by atoms with E-state index >= 15 is 0 Å². The minimum atomic E-state index is -0.324. The molecule has 6 fully saturated rings. The third kappa shape index (κ3) is 3.04. The zero-order chi connectivity index (χ0) is 20.5. The van der Waals surface area contributed by atoms with Gasteiger partial charge in [-0.05, 0) is 74.5 Å². The Morgan fingerprint density at radius 2 is 1.53 bits per heavy atom. The van der Waals surface area contributed by atoms with Gasteiger partial charge in [-0.15, -0.1) is 0 Å². The molecular formula is C24H30ClN3O2. The average molecular weight is 428 g/mol. The summed E-state index contributed by atoms with van der Waals surface area (Å²) >= 11 is 6.08. The number of piperazine rings is 1. The number of imide groups is 1. The lowest BCUT2D eigenvalue weighted by Crippen LogP contribution is -2.64. The van der Waals surface area contributed by atoms with Crippen molar-refractivity contribution >= 4 is 29.1 Å². The predicted octanol–water partition coefficient (Wildman–Crippen LogP) is 3.56. The van der Waals surface area contributed by atoms with Gasteiger partial charge in [0.15, 0.2) is 0 Å². The smallest absolute Gasteiger partial charge is 0.251 e. The van der Waals surface area contributed by atoms with E-state index < -0.39 is 0 Å². The van der Waals surface area contributed by atoms with Crippen LogP contribution in [0.1, 0.15) is 44.9 Å². The predicted molar refractivity (Wildman–Crippen MR) is 116 cm³/mol. The second kappa shape index (κ2) is 7.04. The molecule has 2 aliphatic heterocycles. The number of amides is 2. The summed E-state index contributed by atoms with van der Waals surface area (Å²) in [7, 11) is 0. The minimum absolute atomic E-state index is 0.0921. The fourth-order valence-electron chi connectivity index (χ4n) is 7.75. The van der Waals surface area contributed by atoms with Crippen LogP contribution in [-0.2, 0) is 9.59 Å². The molecule has 0 N–H and O–H groups in total. The fourth-order valence-corrected chi connectivity index (χ4v) is 7.93. The van der Waals surface area contributed by atoms with Gasteiger partial charge in [0.1, 0.15) is 0 Å². The zero-order valence-corrected chi connectivity index (χ0v) is 18.2. The number of hydrogen-bond acceptors (Lipinski definition) is 4. The minimum Gasteiger partial charge on any atom is -0.295 e. The Kier molecular flexibility index (Phi) is 4.52. The number of benzene rings is 1. The molecule has 0 spiro atoms. The monoisotopic (exact) mass is 427 g/mol.